The van der Waals surface area contributed by atoms with Crippen LogP contribution < -0.4 is 11.1 Å². The summed E-state index contributed by atoms with van der Waals surface area (Å²) < 4.78 is 0. The lowest BCUT2D eigenvalue weighted by Crippen LogP contribution is -2.48. The number of nitrogens with two attached hydrogens (primary N) is 1. The lowest BCUT2D eigenvalue weighted by molar-refractivity contribution is 0.0915. The molecular weight excluding hydrogens is 328 g/mol. The predicted molar refractivity (Wildman–Crippen MR) is 100 cm³/mol. The maximum atomic E-state index is 12.1. The second-order valence-corrected chi connectivity index (χ2v) is 6.89. The van der Waals surface area contributed by atoms with Crippen LogP contribution >= 0.6 is 24.2 Å². The first-order valence-electron chi connectivity index (χ1n) is 7.29. The van der Waals surface area contributed by atoms with Gasteiger partial charge in [0.2, 0.25) is 0 Å². The minimum atomic E-state index is -0.390. The number of nitrogens with one attached hydrogen (secondary N) is 1. The zero-order valence-corrected chi connectivity index (χ0v) is 15.0. The van der Waals surface area contributed by atoms with Gasteiger partial charge in [0.1, 0.15) is 0 Å². The second kappa shape index (κ2) is 8.96. The van der Waals surface area contributed by atoms with Crippen LogP contribution in [0, 0.1) is 0 Å². The van der Waals surface area contributed by atoms with Crippen LogP contribution in [0.1, 0.15) is 29.8 Å². The quantitative estimate of drug-likeness (QED) is 0.777. The Hall–Kier alpha value is -1.49. The van der Waals surface area contributed by atoms with E-state index in [1.54, 1.807) is 11.8 Å². The Morgan fingerprint density at radius 1 is 1.09 bits per heavy atom. The number of amides is 1. The van der Waals surface area contributed by atoms with E-state index in [4.69, 9.17) is 5.73 Å². The van der Waals surface area contributed by atoms with E-state index in [1.165, 1.54) is 10.5 Å². The van der Waals surface area contributed by atoms with Crippen LogP contribution in [-0.2, 0) is 5.75 Å². The monoisotopic (exact) mass is 350 g/mol. The average molecular weight is 351 g/mol. The van der Waals surface area contributed by atoms with Crippen molar-refractivity contribution in [3.05, 3.63) is 65.7 Å². The smallest absolute Gasteiger partial charge is 0.251 e. The number of hydrogen-bond acceptors (Lipinski definition) is 3. The fraction of sp³-hybridized carbons (Fsp3) is 0.278. The third-order valence-corrected chi connectivity index (χ3v) is 4.41. The first kappa shape index (κ1) is 19.6. The molecule has 0 aliphatic heterocycles. The lowest BCUT2D eigenvalue weighted by atomic mass is 10.0. The van der Waals surface area contributed by atoms with Crippen molar-refractivity contribution in [2.24, 2.45) is 5.73 Å². The van der Waals surface area contributed by atoms with E-state index in [1.807, 2.05) is 56.3 Å². The third kappa shape index (κ3) is 6.26. The summed E-state index contributed by atoms with van der Waals surface area (Å²) >= 11 is 1.78. The first-order valence-corrected chi connectivity index (χ1v) is 8.28. The Labute approximate surface area is 148 Å². The van der Waals surface area contributed by atoms with E-state index in [2.05, 4.69) is 17.4 Å². The Balaban J connectivity index is 0.00000264. The van der Waals surface area contributed by atoms with E-state index >= 15 is 0 Å². The highest BCUT2D eigenvalue weighted by atomic mass is 35.5. The topological polar surface area (TPSA) is 55.1 Å². The lowest BCUT2D eigenvalue weighted by Gasteiger charge is -2.24. The molecule has 0 spiro atoms. The van der Waals surface area contributed by atoms with Gasteiger partial charge in [0, 0.05) is 28.3 Å². The Morgan fingerprint density at radius 3 is 2.26 bits per heavy atom. The maximum Gasteiger partial charge on any atom is 0.251 e. The van der Waals surface area contributed by atoms with Crippen LogP contribution in [0.15, 0.2) is 59.5 Å². The van der Waals surface area contributed by atoms with E-state index in [0.29, 0.717) is 12.1 Å². The van der Waals surface area contributed by atoms with Crippen molar-refractivity contribution in [3.63, 3.8) is 0 Å². The molecule has 0 aliphatic carbocycles. The molecule has 23 heavy (non-hydrogen) atoms. The number of halogens is 1. The van der Waals surface area contributed by atoms with Crippen LogP contribution in [0.4, 0.5) is 0 Å². The summed E-state index contributed by atoms with van der Waals surface area (Å²) in [5.74, 6) is 0.804. The molecular formula is C18H23ClN2OS. The van der Waals surface area contributed by atoms with Crippen molar-refractivity contribution >= 4 is 30.1 Å². The van der Waals surface area contributed by atoms with Gasteiger partial charge in [-0.05, 0) is 43.7 Å². The van der Waals surface area contributed by atoms with Crippen molar-refractivity contribution in [1.82, 2.24) is 5.32 Å². The normalized spacial score (nSPS) is 10.7. The van der Waals surface area contributed by atoms with Crippen LogP contribution in [0.5, 0.6) is 0 Å². The molecule has 0 heterocycles. The number of carbonyl (C=O) groups is 1. The molecule has 0 radical (unpaired) electrons. The molecule has 0 saturated carbocycles. The summed E-state index contributed by atoms with van der Waals surface area (Å²) in [6.07, 6.45) is 0. The summed E-state index contributed by atoms with van der Waals surface area (Å²) in [4.78, 5) is 13.4. The molecule has 0 aliphatic rings. The molecule has 1 amide bonds. The summed E-state index contributed by atoms with van der Waals surface area (Å²) in [7, 11) is 0. The highest BCUT2D eigenvalue weighted by Crippen LogP contribution is 2.22. The van der Waals surface area contributed by atoms with E-state index < -0.39 is 0 Å². The van der Waals surface area contributed by atoms with Crippen LogP contribution in [0.3, 0.4) is 0 Å². The highest BCUT2D eigenvalue weighted by molar-refractivity contribution is 7.98. The fourth-order valence-corrected chi connectivity index (χ4v) is 2.74. The van der Waals surface area contributed by atoms with Gasteiger partial charge in [-0.3, -0.25) is 4.79 Å². The molecule has 0 atom stereocenters. The summed E-state index contributed by atoms with van der Waals surface area (Å²) in [5.41, 5.74) is 7.10. The van der Waals surface area contributed by atoms with Gasteiger partial charge in [0.15, 0.2) is 0 Å². The van der Waals surface area contributed by atoms with Crippen LogP contribution in [-0.4, -0.2) is 18.0 Å². The molecule has 2 aromatic carbocycles. The molecule has 0 bridgehead atoms. The molecule has 2 rings (SSSR count). The molecule has 0 aromatic heterocycles. The Bertz CT molecular complexity index is 615. The standard InChI is InChI=1S/C18H22N2OS.ClH/c1-18(2,13-19)20-17(21)15-10-8-14(9-11-15)12-22-16-6-4-3-5-7-16;/h3-11H,12-13,19H2,1-2H3,(H,20,21);1H. The maximum absolute atomic E-state index is 12.1. The van der Waals surface area contributed by atoms with E-state index in [0.717, 1.165) is 5.75 Å². The van der Waals surface area contributed by atoms with Crippen LogP contribution in [0.25, 0.3) is 0 Å². The minimum Gasteiger partial charge on any atom is -0.346 e. The van der Waals surface area contributed by atoms with Crippen molar-refractivity contribution in [2.75, 3.05) is 6.54 Å². The number of benzene rings is 2. The van der Waals surface area contributed by atoms with Crippen molar-refractivity contribution in [3.8, 4) is 0 Å². The van der Waals surface area contributed by atoms with Crippen molar-refractivity contribution < 1.29 is 4.79 Å². The summed E-state index contributed by atoms with van der Waals surface area (Å²) in [5, 5.41) is 2.93. The fourth-order valence-electron chi connectivity index (χ4n) is 1.87. The minimum absolute atomic E-state index is 0. The predicted octanol–water partition coefficient (Wildman–Crippen LogP) is 3.87. The third-order valence-electron chi connectivity index (χ3n) is 3.33. The zero-order valence-electron chi connectivity index (χ0n) is 13.4. The number of hydrogen-bond donors (Lipinski definition) is 2. The van der Waals surface area contributed by atoms with Crippen molar-refractivity contribution in [1.29, 1.82) is 0 Å². The van der Waals surface area contributed by atoms with Gasteiger partial charge in [0.25, 0.3) is 5.91 Å². The van der Waals surface area contributed by atoms with Crippen molar-refractivity contribution in [2.45, 2.75) is 30.0 Å². The zero-order chi connectivity index (χ0) is 16.0. The van der Waals surface area contributed by atoms with Gasteiger partial charge in [-0.2, -0.15) is 0 Å². The van der Waals surface area contributed by atoms with E-state index in [-0.39, 0.29) is 23.9 Å². The van der Waals surface area contributed by atoms with Gasteiger partial charge < -0.3 is 11.1 Å². The Morgan fingerprint density at radius 2 is 1.70 bits per heavy atom. The molecule has 0 fully saturated rings. The second-order valence-electron chi connectivity index (χ2n) is 5.84. The summed E-state index contributed by atoms with van der Waals surface area (Å²) in [6.45, 7) is 4.23. The summed E-state index contributed by atoms with van der Waals surface area (Å²) in [6, 6.07) is 18.0. The SMILES string of the molecule is CC(C)(CN)NC(=O)c1ccc(CSc2ccccc2)cc1.Cl. The van der Waals surface area contributed by atoms with Crippen LogP contribution in [0.2, 0.25) is 0 Å². The number of thioether (sulfide) groups is 1. The van der Waals surface area contributed by atoms with Gasteiger partial charge >= 0.3 is 0 Å². The number of rotatable bonds is 6. The van der Waals surface area contributed by atoms with Gasteiger partial charge in [0.05, 0.1) is 0 Å². The Kier molecular flexibility index (Phi) is 7.62. The molecule has 2 aromatic rings. The van der Waals surface area contributed by atoms with Gasteiger partial charge in [-0.15, -0.1) is 24.2 Å². The molecule has 124 valence electrons. The van der Waals surface area contributed by atoms with E-state index in [9.17, 15) is 4.79 Å². The largest absolute Gasteiger partial charge is 0.346 e. The number of carbonyl (C=O) groups excluding carboxylic acids is 1. The molecule has 0 unspecified atom stereocenters. The van der Waals surface area contributed by atoms with Gasteiger partial charge in [-0.1, -0.05) is 30.3 Å². The molecule has 0 saturated heterocycles. The molecule has 5 heteroatoms. The van der Waals surface area contributed by atoms with Gasteiger partial charge in [-0.25, -0.2) is 0 Å². The first-order chi connectivity index (χ1) is 10.5. The molecule has 3 N–H and O–H groups in total. The average Bonchev–Trinajstić information content (AvgIpc) is 2.54. The molecule has 3 nitrogen and oxygen atoms in total. The highest BCUT2D eigenvalue weighted by Gasteiger charge is 2.18.